The Hall–Kier alpha value is -3.93. The van der Waals surface area contributed by atoms with Crippen LogP contribution in [0.1, 0.15) is 52.0 Å². The molecular formula is C31H32N4O2. The van der Waals surface area contributed by atoms with Crippen molar-refractivity contribution >= 4 is 17.5 Å². The van der Waals surface area contributed by atoms with E-state index in [-0.39, 0.29) is 17.2 Å². The fraction of sp³-hybridized carbons (Fsp3) is 0.323. The first-order valence-electron chi connectivity index (χ1n) is 13.2. The first-order chi connectivity index (χ1) is 18.0. The second-order valence-electron chi connectivity index (χ2n) is 10.6. The minimum atomic E-state index is 0.0902. The van der Waals surface area contributed by atoms with Crippen molar-refractivity contribution in [2.24, 2.45) is 5.41 Å². The van der Waals surface area contributed by atoms with Crippen LogP contribution in [0, 0.1) is 12.3 Å². The highest BCUT2D eigenvalue weighted by Crippen LogP contribution is 2.41. The van der Waals surface area contributed by atoms with Gasteiger partial charge in [0.15, 0.2) is 0 Å². The maximum Gasteiger partial charge on any atom is 0.253 e. The highest BCUT2D eigenvalue weighted by atomic mass is 16.2. The van der Waals surface area contributed by atoms with Gasteiger partial charge in [-0.15, -0.1) is 0 Å². The van der Waals surface area contributed by atoms with Crippen LogP contribution in [0.25, 0.3) is 16.9 Å². The summed E-state index contributed by atoms with van der Waals surface area (Å²) in [5, 5.41) is 0. The number of piperidine rings is 2. The average Bonchev–Trinajstić information content (AvgIpc) is 3.38. The Bertz CT molecular complexity index is 1400. The molecule has 0 N–H and O–H groups in total. The van der Waals surface area contributed by atoms with Crippen LogP contribution in [0.15, 0.2) is 79.1 Å². The summed E-state index contributed by atoms with van der Waals surface area (Å²) >= 11 is 0. The van der Waals surface area contributed by atoms with Crippen LogP contribution in [0.4, 0.5) is 0 Å². The number of aryl methyl sites for hydroxylation is 1. The lowest BCUT2D eigenvalue weighted by atomic mass is 9.71. The number of fused-ring (bicyclic) bond motifs is 1. The molecule has 2 saturated heterocycles. The molecule has 2 amide bonds. The van der Waals surface area contributed by atoms with E-state index in [1.807, 2.05) is 100 Å². The molecule has 0 radical (unpaired) electrons. The molecule has 0 aliphatic carbocycles. The van der Waals surface area contributed by atoms with Crippen LogP contribution in [-0.4, -0.2) is 57.2 Å². The van der Waals surface area contributed by atoms with Gasteiger partial charge in [-0.1, -0.05) is 35.9 Å². The summed E-state index contributed by atoms with van der Waals surface area (Å²) in [6, 6.07) is 21.6. The van der Waals surface area contributed by atoms with Crippen molar-refractivity contribution in [3.63, 3.8) is 0 Å². The summed E-state index contributed by atoms with van der Waals surface area (Å²) in [5.74, 6) is 0.223. The molecule has 0 bridgehead atoms. The largest absolute Gasteiger partial charge is 0.339 e. The normalized spacial score (nSPS) is 17.3. The topological polar surface area (TPSA) is 57.9 Å². The summed E-state index contributed by atoms with van der Waals surface area (Å²) in [6.45, 7) is 5.16. The molecule has 0 unspecified atom stereocenters. The molecule has 6 nitrogen and oxygen atoms in total. The lowest BCUT2D eigenvalue weighted by molar-refractivity contribution is 0.0280. The molecule has 2 aromatic carbocycles. The van der Waals surface area contributed by atoms with Gasteiger partial charge < -0.3 is 14.2 Å². The van der Waals surface area contributed by atoms with Crippen molar-refractivity contribution < 1.29 is 9.59 Å². The molecule has 1 spiro atoms. The van der Waals surface area contributed by atoms with Gasteiger partial charge in [-0.25, -0.2) is 4.98 Å². The third-order valence-corrected chi connectivity index (χ3v) is 8.29. The number of carbonyl (C=O) groups is 2. The van der Waals surface area contributed by atoms with Crippen LogP contribution in [-0.2, 0) is 0 Å². The molecule has 2 aromatic heterocycles. The minimum absolute atomic E-state index is 0.0902. The van der Waals surface area contributed by atoms with Crippen LogP contribution >= 0.6 is 0 Å². The zero-order valence-corrected chi connectivity index (χ0v) is 21.3. The summed E-state index contributed by atoms with van der Waals surface area (Å²) in [4.78, 5) is 35.0. The fourth-order valence-electron chi connectivity index (χ4n) is 5.81. The second-order valence-corrected chi connectivity index (χ2v) is 10.6. The predicted molar refractivity (Wildman–Crippen MR) is 145 cm³/mol. The fourth-order valence-corrected chi connectivity index (χ4v) is 5.81. The van der Waals surface area contributed by atoms with Gasteiger partial charge in [0.25, 0.3) is 11.8 Å². The van der Waals surface area contributed by atoms with E-state index in [2.05, 4.69) is 0 Å². The molecule has 6 rings (SSSR count). The van der Waals surface area contributed by atoms with Gasteiger partial charge in [-0.2, -0.15) is 0 Å². The molecule has 2 fully saturated rings. The zero-order chi connectivity index (χ0) is 25.4. The Morgan fingerprint density at radius 3 is 2.05 bits per heavy atom. The average molecular weight is 493 g/mol. The molecule has 4 heterocycles. The van der Waals surface area contributed by atoms with E-state index in [4.69, 9.17) is 4.98 Å². The highest BCUT2D eigenvalue weighted by molar-refractivity contribution is 5.95. The summed E-state index contributed by atoms with van der Waals surface area (Å²) < 4.78 is 1.99. The number of pyridine rings is 1. The smallest absolute Gasteiger partial charge is 0.253 e. The maximum atomic E-state index is 13.4. The number of benzene rings is 2. The van der Waals surface area contributed by atoms with Gasteiger partial charge in [-0.3, -0.25) is 9.59 Å². The van der Waals surface area contributed by atoms with E-state index in [1.165, 1.54) is 0 Å². The molecule has 2 aliphatic heterocycles. The standard InChI is InChI=1S/C31H32N4O2/c1-23-8-10-24(11-9-23)29(36)33-17-12-31(13-18-33)14-19-34(20-15-31)30(37)26-6-4-5-25(21-26)27-22-35-16-3-2-7-28(35)32-27/h2-11,16,21-22H,12-15,17-20H2,1H3. The minimum Gasteiger partial charge on any atom is -0.339 e. The highest BCUT2D eigenvalue weighted by Gasteiger charge is 2.39. The van der Waals surface area contributed by atoms with Crippen molar-refractivity contribution in [2.45, 2.75) is 32.6 Å². The van der Waals surface area contributed by atoms with Crippen molar-refractivity contribution in [1.82, 2.24) is 19.2 Å². The molecular weight excluding hydrogens is 460 g/mol. The third-order valence-electron chi connectivity index (χ3n) is 8.29. The predicted octanol–water partition coefficient (Wildman–Crippen LogP) is 5.47. The molecule has 37 heavy (non-hydrogen) atoms. The van der Waals surface area contributed by atoms with E-state index >= 15 is 0 Å². The van der Waals surface area contributed by atoms with Crippen LogP contribution in [0.2, 0.25) is 0 Å². The first kappa shape index (κ1) is 23.5. The molecule has 6 heteroatoms. The number of carbonyl (C=O) groups excluding carboxylic acids is 2. The Morgan fingerprint density at radius 1 is 0.757 bits per heavy atom. The van der Waals surface area contributed by atoms with Crippen molar-refractivity contribution in [3.8, 4) is 11.3 Å². The Kier molecular flexibility index (Phi) is 6.03. The molecule has 188 valence electrons. The maximum absolute atomic E-state index is 13.4. The lowest BCUT2D eigenvalue weighted by Crippen LogP contribution is -2.49. The summed E-state index contributed by atoms with van der Waals surface area (Å²) in [5.41, 5.74) is 5.59. The number of nitrogens with zero attached hydrogens (tertiary/aromatic N) is 4. The number of imidazole rings is 1. The van der Waals surface area contributed by atoms with Gasteiger partial charge in [0.2, 0.25) is 0 Å². The van der Waals surface area contributed by atoms with E-state index in [0.29, 0.717) is 5.56 Å². The first-order valence-corrected chi connectivity index (χ1v) is 13.2. The van der Waals surface area contributed by atoms with Crippen molar-refractivity contribution in [1.29, 1.82) is 0 Å². The van der Waals surface area contributed by atoms with Gasteiger partial charge in [0, 0.05) is 55.3 Å². The van der Waals surface area contributed by atoms with Crippen molar-refractivity contribution in [2.75, 3.05) is 26.2 Å². The van der Waals surface area contributed by atoms with E-state index < -0.39 is 0 Å². The van der Waals surface area contributed by atoms with Crippen LogP contribution in [0.3, 0.4) is 0 Å². The molecule has 2 aliphatic rings. The number of hydrogen-bond acceptors (Lipinski definition) is 3. The molecule has 4 aromatic rings. The molecule has 0 atom stereocenters. The van der Waals surface area contributed by atoms with E-state index in [1.54, 1.807) is 0 Å². The Balaban J connectivity index is 1.08. The zero-order valence-electron chi connectivity index (χ0n) is 21.3. The van der Waals surface area contributed by atoms with Gasteiger partial charge >= 0.3 is 0 Å². The monoisotopic (exact) mass is 492 g/mol. The van der Waals surface area contributed by atoms with Gasteiger partial charge in [0.05, 0.1) is 5.69 Å². The number of aromatic nitrogens is 2. The van der Waals surface area contributed by atoms with E-state index in [9.17, 15) is 9.59 Å². The Morgan fingerprint density at radius 2 is 1.41 bits per heavy atom. The van der Waals surface area contributed by atoms with E-state index in [0.717, 1.165) is 79.9 Å². The van der Waals surface area contributed by atoms with Gasteiger partial charge in [-0.05, 0) is 74.4 Å². The second kappa shape index (κ2) is 9.51. The number of amides is 2. The quantitative estimate of drug-likeness (QED) is 0.381. The summed E-state index contributed by atoms with van der Waals surface area (Å²) in [6.07, 6.45) is 7.99. The Labute approximate surface area is 217 Å². The number of rotatable bonds is 3. The van der Waals surface area contributed by atoms with Crippen LogP contribution < -0.4 is 0 Å². The third kappa shape index (κ3) is 4.64. The molecule has 0 saturated carbocycles. The number of likely N-dealkylation sites (tertiary alicyclic amines) is 2. The summed E-state index contributed by atoms with van der Waals surface area (Å²) in [7, 11) is 0. The SMILES string of the molecule is Cc1ccc(C(=O)N2CCC3(CC2)CCN(C(=O)c2cccc(-c4cn5ccccc5n4)c2)CC3)cc1. The van der Waals surface area contributed by atoms with Crippen molar-refractivity contribution in [3.05, 3.63) is 95.8 Å². The van der Waals surface area contributed by atoms with Crippen LogP contribution in [0.5, 0.6) is 0 Å². The van der Waals surface area contributed by atoms with Gasteiger partial charge in [0.1, 0.15) is 5.65 Å². The lowest BCUT2D eigenvalue weighted by Gasteiger charge is -2.47. The number of hydrogen-bond donors (Lipinski definition) is 0.